The van der Waals surface area contributed by atoms with Gasteiger partial charge in [-0.25, -0.2) is 0 Å². The van der Waals surface area contributed by atoms with E-state index in [1.54, 1.807) is 0 Å². The second-order valence-corrected chi connectivity index (χ2v) is 0.0833. The van der Waals surface area contributed by atoms with Crippen molar-refractivity contribution in [3.8, 4) is 0 Å². The van der Waals surface area contributed by atoms with Gasteiger partial charge in [-0.2, -0.15) is 9.59 Å². The van der Waals surface area contributed by atoms with Gasteiger partial charge in [0.15, 0.2) is 0 Å². The van der Waals surface area contributed by atoms with Crippen LogP contribution in [0, 0.1) is 9.93 Å². The third-order valence-electron chi connectivity index (χ3n) is 0. The van der Waals surface area contributed by atoms with E-state index in [2.05, 4.69) is 0 Å². The zero-order chi connectivity index (χ0) is 9.41. The fourth-order valence-corrected chi connectivity index (χ4v) is 0. The van der Waals surface area contributed by atoms with Gasteiger partial charge >= 0.3 is 6.15 Å². The summed E-state index contributed by atoms with van der Waals surface area (Å²) in [5.41, 5.74) is 0. The van der Waals surface area contributed by atoms with Crippen molar-refractivity contribution in [3.05, 3.63) is 9.93 Å². The highest BCUT2D eigenvalue weighted by atomic mass is 31.0. The van der Waals surface area contributed by atoms with Crippen LogP contribution in [-0.2, 0) is 9.59 Å². The predicted octanol–water partition coefficient (Wildman–Crippen LogP) is 5.45. The molecular formula is C11H39O4P. The first kappa shape index (κ1) is 109. The maximum absolute atomic E-state index is 8.12. The maximum atomic E-state index is 8.12. The Kier molecular flexibility index (Phi) is 105000. The van der Waals surface area contributed by atoms with Gasteiger partial charge in [-0.1, -0.05) is 72.5 Å². The van der Waals surface area contributed by atoms with Crippen molar-refractivity contribution >= 4 is 15.3 Å². The summed E-state index contributed by atoms with van der Waals surface area (Å²) in [6, 6.07) is 0. The Hall–Kier alpha value is -0.590. The molecule has 0 bridgehead atoms. The summed E-state index contributed by atoms with van der Waals surface area (Å²) in [6.45, 7) is 5.82. The lowest BCUT2D eigenvalue weighted by Gasteiger charge is -1.10. The van der Waals surface area contributed by atoms with Crippen molar-refractivity contribution in [2.24, 2.45) is 0 Å². The van der Waals surface area contributed by atoms with Gasteiger partial charge in [0.1, 0.15) is 0 Å². The molecule has 0 fully saturated rings. The SMILES string of the molecule is C.C.C.C.C.C.C.CC.O=C=O.O=O.[3H]PC. The van der Waals surface area contributed by atoms with E-state index < -0.39 is 0 Å². The van der Waals surface area contributed by atoms with Gasteiger partial charge in [-0.05, 0) is 0 Å². The molecule has 0 aromatic heterocycles. The Balaban J connectivity index is -0.00000000279. The molecule has 0 heterocycles. The number of hydrogen-bond donors (Lipinski definition) is 0. The molecule has 0 saturated heterocycles. The topological polar surface area (TPSA) is 68.3 Å². The maximum Gasteiger partial charge on any atom is 0.373 e. The van der Waals surface area contributed by atoms with Crippen LogP contribution < -0.4 is 0 Å². The van der Waals surface area contributed by atoms with E-state index in [1.807, 2.05) is 20.5 Å². The summed E-state index contributed by atoms with van der Waals surface area (Å²) in [6.07, 6.45) is 0.250. The van der Waals surface area contributed by atoms with Gasteiger partial charge in [0.05, 0.1) is 1.28 Å². The van der Waals surface area contributed by atoms with E-state index in [4.69, 9.17) is 20.8 Å². The molecular weight excluding hydrogens is 227 g/mol. The molecule has 0 amide bonds. The number of rotatable bonds is 0. The molecule has 0 aliphatic carbocycles. The fraction of sp³-hybridized carbons (Fsp3) is 0.909. The summed E-state index contributed by atoms with van der Waals surface area (Å²) < 4.78 is 6.24. The van der Waals surface area contributed by atoms with Crippen LogP contribution >= 0.6 is 9.18 Å². The Bertz CT molecular complexity index is 61.4. The van der Waals surface area contributed by atoms with Crippen LogP contribution in [0.15, 0.2) is 0 Å². The van der Waals surface area contributed by atoms with E-state index >= 15 is 0 Å². The number of carbonyl (C=O) groups excluding carboxylic acids is 2. The third kappa shape index (κ3) is 5930. The molecule has 5 heteroatoms. The molecule has 4 nitrogen and oxygen atoms in total. The summed E-state index contributed by atoms with van der Waals surface area (Å²) in [7, 11) is 0.333. The van der Waals surface area contributed by atoms with Crippen molar-refractivity contribution in [1.82, 2.24) is 0 Å². The highest BCUT2D eigenvalue weighted by molar-refractivity contribution is 7.15. The van der Waals surface area contributed by atoms with Gasteiger partial charge in [0.2, 0.25) is 0 Å². The van der Waals surface area contributed by atoms with Crippen LogP contribution in [0.5, 0.6) is 0 Å². The first-order valence-corrected chi connectivity index (χ1v) is 3.07. The molecule has 0 aliphatic heterocycles. The third-order valence-corrected chi connectivity index (χ3v) is 0. The molecule has 0 rings (SSSR count). The highest BCUT2D eigenvalue weighted by Gasteiger charge is 1.13. The van der Waals surface area contributed by atoms with Crippen molar-refractivity contribution in [2.75, 3.05) is 6.66 Å². The van der Waals surface area contributed by atoms with Crippen LogP contribution in [-0.4, -0.2) is 14.1 Å². The second-order valence-electron chi connectivity index (χ2n) is 0.0833. The molecule has 1 atom stereocenters. The van der Waals surface area contributed by atoms with Crippen LogP contribution in [0.2, 0.25) is 0 Å². The molecule has 16 heavy (non-hydrogen) atoms. The molecule has 0 spiro atoms. The van der Waals surface area contributed by atoms with Gasteiger partial charge in [-0.3, -0.25) is 0 Å². The average Bonchev–Trinajstić information content (AvgIpc) is 1.99. The van der Waals surface area contributed by atoms with Crippen molar-refractivity contribution in [1.29, 1.82) is 1.28 Å². The standard InChI is InChI=1S/C2H6.CO2.CH5P.7CH4.O2/c1-2;2-1-3;1-2;;;;;;;;1-2/h1-2H3;;2H2,1H3;7*1H4;/i;;2T;;;;;;;;. The van der Waals surface area contributed by atoms with E-state index in [0.717, 1.165) is 0 Å². The average molecular weight is 268 g/mol. The lowest BCUT2D eigenvalue weighted by Crippen LogP contribution is -1.22. The lowest BCUT2D eigenvalue weighted by atomic mass is 11.0. The van der Waals surface area contributed by atoms with E-state index in [-0.39, 0.29) is 58.1 Å². The van der Waals surface area contributed by atoms with Gasteiger partial charge in [-0.15, -0.1) is 9.18 Å². The zero-order valence-electron chi connectivity index (χ0n) is 6.63. The van der Waals surface area contributed by atoms with E-state index in [1.165, 1.54) is 0 Å². The lowest BCUT2D eigenvalue weighted by molar-refractivity contribution is -0.191. The monoisotopic (exact) mass is 268 g/mol. The molecule has 0 radical (unpaired) electrons. The zero-order valence-corrected chi connectivity index (χ0v) is 6.63. The minimum absolute atomic E-state index is 0. The Morgan fingerprint density at radius 2 is 0.812 bits per heavy atom. The molecule has 1 unspecified atom stereocenters. The van der Waals surface area contributed by atoms with Crippen molar-refractivity contribution in [3.63, 3.8) is 0 Å². The van der Waals surface area contributed by atoms with Crippen molar-refractivity contribution in [2.45, 2.75) is 65.8 Å². The van der Waals surface area contributed by atoms with Crippen LogP contribution in [0.4, 0.5) is 0 Å². The predicted molar refractivity (Wildman–Crippen MR) is 85.8 cm³/mol. The Morgan fingerprint density at radius 1 is 0.812 bits per heavy atom. The van der Waals surface area contributed by atoms with E-state index in [9.17, 15) is 0 Å². The quantitative estimate of drug-likeness (QED) is 0.547. The van der Waals surface area contributed by atoms with Crippen LogP contribution in [0.3, 0.4) is 0 Å². The summed E-state index contributed by atoms with van der Waals surface area (Å²) in [4.78, 5) is 30.2. The Morgan fingerprint density at radius 3 is 0.812 bits per heavy atom. The molecule has 0 aliphatic rings. The van der Waals surface area contributed by atoms with Gasteiger partial charge in [0, 0.05) is 9.93 Å². The van der Waals surface area contributed by atoms with Gasteiger partial charge in [0.25, 0.3) is 0 Å². The second kappa shape index (κ2) is 15400. The van der Waals surface area contributed by atoms with E-state index in [0.29, 0.717) is 9.18 Å². The Labute approximate surface area is 109 Å². The fourth-order valence-electron chi connectivity index (χ4n) is 0. The molecule has 0 saturated carbocycles. The van der Waals surface area contributed by atoms with Gasteiger partial charge < -0.3 is 0 Å². The first-order chi connectivity index (χ1) is 4.83. The minimum Gasteiger partial charge on any atom is -0.186 e. The normalized spacial score (nSPS) is 3.06. The highest BCUT2D eigenvalue weighted by Crippen LogP contribution is 1.46. The molecule has 0 aromatic carbocycles. The minimum atomic E-state index is 0. The summed E-state index contributed by atoms with van der Waals surface area (Å²) >= 11 is 0. The van der Waals surface area contributed by atoms with Crippen LogP contribution in [0.25, 0.3) is 0 Å². The summed E-state index contributed by atoms with van der Waals surface area (Å²) in [5, 5.41) is 0. The first-order valence-electron chi connectivity index (χ1n) is 2.57. The largest absolute Gasteiger partial charge is 0.373 e. The van der Waals surface area contributed by atoms with Crippen molar-refractivity contribution < 1.29 is 9.59 Å². The molecule has 0 N–H and O–H groups in total. The number of hydrogen-bond acceptors (Lipinski definition) is 4. The molecule has 0 aromatic rings. The summed E-state index contributed by atoms with van der Waals surface area (Å²) in [5.74, 6) is 0. The smallest absolute Gasteiger partial charge is 0.186 e. The molecule has 112 valence electrons. The van der Waals surface area contributed by atoms with Crippen LogP contribution in [0.1, 0.15) is 65.8 Å².